The SMILES string of the molecule is O=S(=O)(N[C@@H](CO)c1ccccc1)c1ccc(CBr)cc1. The molecule has 2 aromatic rings. The summed E-state index contributed by atoms with van der Waals surface area (Å²) in [5.41, 5.74) is 1.72. The van der Waals surface area contributed by atoms with Crippen LogP contribution in [0, 0.1) is 0 Å². The van der Waals surface area contributed by atoms with Crippen LogP contribution >= 0.6 is 15.9 Å². The van der Waals surface area contributed by atoms with E-state index in [1.165, 1.54) is 0 Å². The molecule has 0 saturated heterocycles. The lowest BCUT2D eigenvalue weighted by molar-refractivity contribution is 0.259. The molecule has 0 heterocycles. The Labute approximate surface area is 133 Å². The maximum absolute atomic E-state index is 12.3. The molecule has 4 nitrogen and oxygen atoms in total. The van der Waals surface area contributed by atoms with E-state index in [0.717, 1.165) is 11.1 Å². The number of benzene rings is 2. The van der Waals surface area contributed by atoms with E-state index in [9.17, 15) is 13.5 Å². The molecule has 0 bridgehead atoms. The largest absolute Gasteiger partial charge is 0.394 e. The predicted molar refractivity (Wildman–Crippen MR) is 85.7 cm³/mol. The first-order valence-corrected chi connectivity index (χ1v) is 9.00. The smallest absolute Gasteiger partial charge is 0.241 e. The van der Waals surface area contributed by atoms with Crippen LogP contribution in [0.15, 0.2) is 59.5 Å². The van der Waals surface area contributed by atoms with Crippen LogP contribution in [0.4, 0.5) is 0 Å². The van der Waals surface area contributed by atoms with Gasteiger partial charge < -0.3 is 5.11 Å². The highest BCUT2D eigenvalue weighted by molar-refractivity contribution is 9.08. The lowest BCUT2D eigenvalue weighted by atomic mass is 10.1. The minimum Gasteiger partial charge on any atom is -0.394 e. The summed E-state index contributed by atoms with van der Waals surface area (Å²) in [6, 6.07) is 14.9. The second-order valence-corrected chi connectivity index (χ2v) is 6.82. The summed E-state index contributed by atoms with van der Waals surface area (Å²) in [6.07, 6.45) is 0. The summed E-state index contributed by atoms with van der Waals surface area (Å²) in [5.74, 6) is 0. The van der Waals surface area contributed by atoms with Crippen molar-refractivity contribution in [2.75, 3.05) is 6.61 Å². The topological polar surface area (TPSA) is 66.4 Å². The van der Waals surface area contributed by atoms with Gasteiger partial charge >= 0.3 is 0 Å². The van der Waals surface area contributed by atoms with Crippen LogP contribution in [0.2, 0.25) is 0 Å². The van der Waals surface area contributed by atoms with Gasteiger partial charge in [0.2, 0.25) is 10.0 Å². The van der Waals surface area contributed by atoms with Gasteiger partial charge in [0.05, 0.1) is 17.5 Å². The molecule has 0 aliphatic carbocycles. The van der Waals surface area contributed by atoms with Crippen molar-refractivity contribution in [1.29, 1.82) is 0 Å². The van der Waals surface area contributed by atoms with Crippen molar-refractivity contribution in [3.63, 3.8) is 0 Å². The van der Waals surface area contributed by atoms with Crippen LogP contribution in [0.3, 0.4) is 0 Å². The van der Waals surface area contributed by atoms with E-state index in [1.807, 2.05) is 6.07 Å². The molecule has 0 amide bonds. The molecule has 0 aliphatic heterocycles. The molecule has 2 N–H and O–H groups in total. The molecule has 0 saturated carbocycles. The molecule has 0 unspecified atom stereocenters. The first-order chi connectivity index (χ1) is 10.1. The van der Waals surface area contributed by atoms with Gasteiger partial charge in [-0.1, -0.05) is 58.4 Å². The number of alkyl halides is 1. The van der Waals surface area contributed by atoms with Crippen LogP contribution in [-0.2, 0) is 15.4 Å². The fourth-order valence-corrected chi connectivity index (χ4v) is 3.50. The number of halogens is 1. The zero-order valence-electron chi connectivity index (χ0n) is 11.2. The van der Waals surface area contributed by atoms with Gasteiger partial charge in [0.1, 0.15) is 0 Å². The first-order valence-electron chi connectivity index (χ1n) is 6.40. The van der Waals surface area contributed by atoms with Crippen LogP contribution < -0.4 is 4.72 Å². The third-order valence-electron chi connectivity index (χ3n) is 3.07. The Morgan fingerprint density at radius 2 is 1.67 bits per heavy atom. The molecule has 0 fully saturated rings. The summed E-state index contributed by atoms with van der Waals surface area (Å²) in [7, 11) is -3.67. The highest BCUT2D eigenvalue weighted by Gasteiger charge is 2.20. The fraction of sp³-hybridized carbons (Fsp3) is 0.200. The molecule has 0 aliphatic rings. The summed E-state index contributed by atoms with van der Waals surface area (Å²) in [6.45, 7) is -0.303. The molecule has 2 rings (SSSR count). The fourth-order valence-electron chi connectivity index (χ4n) is 1.91. The Balaban J connectivity index is 2.22. The van der Waals surface area contributed by atoms with E-state index in [2.05, 4.69) is 20.7 Å². The van der Waals surface area contributed by atoms with Crippen LogP contribution in [-0.4, -0.2) is 20.1 Å². The van der Waals surface area contributed by atoms with E-state index in [1.54, 1.807) is 48.5 Å². The number of nitrogens with one attached hydrogen (secondary N) is 1. The zero-order valence-corrected chi connectivity index (χ0v) is 13.6. The first kappa shape index (κ1) is 16.2. The third-order valence-corrected chi connectivity index (χ3v) is 5.20. The molecule has 0 aromatic heterocycles. The Kier molecular flexibility index (Phi) is 5.52. The number of hydrogen-bond donors (Lipinski definition) is 2. The highest BCUT2D eigenvalue weighted by Crippen LogP contribution is 2.18. The quantitative estimate of drug-likeness (QED) is 0.769. The molecular weight excluding hydrogens is 354 g/mol. The Morgan fingerprint density at radius 1 is 1.05 bits per heavy atom. The van der Waals surface area contributed by atoms with Crippen molar-refractivity contribution in [1.82, 2.24) is 4.72 Å². The van der Waals surface area contributed by atoms with Crippen molar-refractivity contribution in [2.45, 2.75) is 16.3 Å². The van der Waals surface area contributed by atoms with Gasteiger partial charge in [-0.3, -0.25) is 0 Å². The van der Waals surface area contributed by atoms with E-state index in [-0.39, 0.29) is 11.5 Å². The van der Waals surface area contributed by atoms with Gasteiger partial charge in [-0.15, -0.1) is 0 Å². The Morgan fingerprint density at radius 3 is 2.19 bits per heavy atom. The van der Waals surface area contributed by atoms with Crippen LogP contribution in [0.5, 0.6) is 0 Å². The van der Waals surface area contributed by atoms with Crippen LogP contribution in [0.1, 0.15) is 17.2 Å². The van der Waals surface area contributed by atoms with Crippen molar-refractivity contribution < 1.29 is 13.5 Å². The maximum atomic E-state index is 12.3. The lowest BCUT2D eigenvalue weighted by Crippen LogP contribution is -2.30. The molecule has 112 valence electrons. The second kappa shape index (κ2) is 7.17. The number of rotatable bonds is 6. The number of hydrogen-bond acceptors (Lipinski definition) is 3. The van der Waals surface area contributed by atoms with Crippen LogP contribution in [0.25, 0.3) is 0 Å². The van der Waals surface area contributed by atoms with Gasteiger partial charge in [-0.2, -0.15) is 0 Å². The van der Waals surface area contributed by atoms with E-state index in [0.29, 0.717) is 5.33 Å². The summed E-state index contributed by atoms with van der Waals surface area (Å²) in [5, 5.41) is 10.1. The van der Waals surface area contributed by atoms with Crippen molar-refractivity contribution in [2.24, 2.45) is 0 Å². The predicted octanol–water partition coefficient (Wildman–Crippen LogP) is 2.59. The third kappa shape index (κ3) is 4.14. The normalized spacial score (nSPS) is 13.0. The monoisotopic (exact) mass is 369 g/mol. The lowest BCUT2D eigenvalue weighted by Gasteiger charge is -2.17. The average molecular weight is 370 g/mol. The van der Waals surface area contributed by atoms with E-state index in [4.69, 9.17) is 0 Å². The summed E-state index contributed by atoms with van der Waals surface area (Å²) < 4.78 is 27.2. The molecule has 1 atom stereocenters. The number of aliphatic hydroxyl groups is 1. The minimum absolute atomic E-state index is 0.182. The second-order valence-electron chi connectivity index (χ2n) is 4.54. The summed E-state index contributed by atoms with van der Waals surface area (Å²) in [4.78, 5) is 0.182. The van der Waals surface area contributed by atoms with Gasteiger partial charge in [-0.05, 0) is 23.3 Å². The minimum atomic E-state index is -3.67. The number of sulfonamides is 1. The molecular formula is C15H16BrNO3S. The summed E-state index contributed by atoms with van der Waals surface area (Å²) >= 11 is 3.32. The average Bonchev–Trinajstić information content (AvgIpc) is 2.53. The van der Waals surface area contributed by atoms with Crippen molar-refractivity contribution in [3.8, 4) is 0 Å². The van der Waals surface area contributed by atoms with Crippen molar-refractivity contribution >= 4 is 26.0 Å². The zero-order chi connectivity index (χ0) is 15.3. The maximum Gasteiger partial charge on any atom is 0.241 e. The van der Waals surface area contributed by atoms with Gasteiger partial charge in [0, 0.05) is 5.33 Å². The van der Waals surface area contributed by atoms with Gasteiger partial charge in [0.25, 0.3) is 0 Å². The molecule has 21 heavy (non-hydrogen) atoms. The van der Waals surface area contributed by atoms with Gasteiger partial charge in [0.15, 0.2) is 0 Å². The van der Waals surface area contributed by atoms with Crippen molar-refractivity contribution in [3.05, 3.63) is 65.7 Å². The van der Waals surface area contributed by atoms with Gasteiger partial charge in [-0.25, -0.2) is 13.1 Å². The molecule has 2 aromatic carbocycles. The molecule has 0 radical (unpaired) electrons. The van der Waals surface area contributed by atoms with E-state index < -0.39 is 16.1 Å². The molecule has 0 spiro atoms. The molecule has 6 heteroatoms. The standard InChI is InChI=1S/C15H16BrNO3S/c16-10-12-6-8-14(9-7-12)21(19,20)17-15(11-18)13-4-2-1-3-5-13/h1-9,15,17-18H,10-11H2/t15-/m0/s1. The highest BCUT2D eigenvalue weighted by atomic mass is 79.9. The Hall–Kier alpha value is -1.21. The van der Waals surface area contributed by atoms with E-state index >= 15 is 0 Å². The number of aliphatic hydroxyl groups excluding tert-OH is 1. The Bertz CT molecular complexity index is 672.